The van der Waals surface area contributed by atoms with Gasteiger partial charge in [0.15, 0.2) is 9.84 Å². The first-order valence-corrected chi connectivity index (χ1v) is 7.26. The summed E-state index contributed by atoms with van der Waals surface area (Å²) < 4.78 is 28.1. The molecule has 2 atom stereocenters. The van der Waals surface area contributed by atoms with Crippen molar-refractivity contribution in [1.82, 2.24) is 5.32 Å². The Morgan fingerprint density at radius 1 is 1.44 bits per heavy atom. The monoisotopic (exact) mass is 245 g/mol. The molecule has 1 heterocycles. The van der Waals surface area contributed by atoms with Crippen LogP contribution < -0.4 is 5.32 Å². The number of rotatable bonds is 6. The number of sulfone groups is 1. The molecule has 92 valence electrons. The molecular weight excluding hydrogens is 226 g/mol. The zero-order chi connectivity index (χ0) is 12.2. The van der Waals surface area contributed by atoms with Gasteiger partial charge < -0.3 is 9.73 Å². The van der Waals surface area contributed by atoms with Crippen LogP contribution in [0.5, 0.6) is 0 Å². The minimum Gasteiger partial charge on any atom is -0.468 e. The van der Waals surface area contributed by atoms with Crippen LogP contribution in [0.3, 0.4) is 0 Å². The standard InChI is InChI=1S/C11H19NO3S/c1-4-16(13,14)8-9(2)12-10(3)11-6-5-7-15-11/h5-7,9-10,12H,4,8H2,1-3H3/t9-,10-/m0/s1. The van der Waals surface area contributed by atoms with Gasteiger partial charge in [-0.3, -0.25) is 0 Å². The Morgan fingerprint density at radius 3 is 2.62 bits per heavy atom. The maximum atomic E-state index is 11.4. The molecule has 0 aliphatic carbocycles. The molecule has 0 fully saturated rings. The quantitative estimate of drug-likeness (QED) is 0.829. The smallest absolute Gasteiger partial charge is 0.151 e. The van der Waals surface area contributed by atoms with Crippen LogP contribution in [0.1, 0.15) is 32.6 Å². The molecule has 0 saturated heterocycles. The predicted molar refractivity (Wildman–Crippen MR) is 64.0 cm³/mol. The first-order chi connectivity index (χ1) is 7.44. The molecule has 0 amide bonds. The second-order valence-corrected chi connectivity index (χ2v) is 6.40. The summed E-state index contributed by atoms with van der Waals surface area (Å²) >= 11 is 0. The second kappa shape index (κ2) is 5.50. The molecule has 1 rings (SSSR count). The summed E-state index contributed by atoms with van der Waals surface area (Å²) in [6.07, 6.45) is 1.61. The van der Waals surface area contributed by atoms with Gasteiger partial charge in [-0.05, 0) is 26.0 Å². The van der Waals surface area contributed by atoms with E-state index in [2.05, 4.69) is 5.32 Å². The fourth-order valence-electron chi connectivity index (χ4n) is 1.59. The highest BCUT2D eigenvalue weighted by molar-refractivity contribution is 7.91. The van der Waals surface area contributed by atoms with Gasteiger partial charge in [0.2, 0.25) is 0 Å². The van der Waals surface area contributed by atoms with Gasteiger partial charge in [0.1, 0.15) is 5.76 Å². The highest BCUT2D eigenvalue weighted by Crippen LogP contribution is 2.13. The van der Waals surface area contributed by atoms with Crippen molar-refractivity contribution in [3.05, 3.63) is 24.2 Å². The highest BCUT2D eigenvalue weighted by atomic mass is 32.2. The largest absolute Gasteiger partial charge is 0.468 e. The first kappa shape index (κ1) is 13.3. The number of furan rings is 1. The molecule has 0 saturated carbocycles. The van der Waals surface area contributed by atoms with Gasteiger partial charge in [0, 0.05) is 11.8 Å². The maximum absolute atomic E-state index is 11.4. The van der Waals surface area contributed by atoms with Crippen LogP contribution in [0.4, 0.5) is 0 Å². The lowest BCUT2D eigenvalue weighted by atomic mass is 10.2. The molecule has 0 spiro atoms. The number of hydrogen-bond donors (Lipinski definition) is 1. The van der Waals surface area contributed by atoms with Gasteiger partial charge in [0.25, 0.3) is 0 Å². The van der Waals surface area contributed by atoms with Gasteiger partial charge in [0.05, 0.1) is 18.1 Å². The number of nitrogens with one attached hydrogen (secondary N) is 1. The summed E-state index contributed by atoms with van der Waals surface area (Å²) in [4.78, 5) is 0. The van der Waals surface area contributed by atoms with E-state index in [9.17, 15) is 8.42 Å². The van der Waals surface area contributed by atoms with Crippen molar-refractivity contribution in [3.8, 4) is 0 Å². The molecule has 0 radical (unpaired) electrons. The van der Waals surface area contributed by atoms with Crippen molar-refractivity contribution in [3.63, 3.8) is 0 Å². The Bertz CT molecular complexity index is 397. The third kappa shape index (κ3) is 3.98. The lowest BCUT2D eigenvalue weighted by Gasteiger charge is -2.18. The maximum Gasteiger partial charge on any atom is 0.151 e. The first-order valence-electron chi connectivity index (χ1n) is 5.44. The molecule has 0 bridgehead atoms. The van der Waals surface area contributed by atoms with Crippen molar-refractivity contribution in [1.29, 1.82) is 0 Å². The lowest BCUT2D eigenvalue weighted by Crippen LogP contribution is -2.35. The summed E-state index contributed by atoms with van der Waals surface area (Å²) in [5, 5.41) is 3.20. The molecule has 0 aromatic carbocycles. The Labute approximate surface area is 97.0 Å². The van der Waals surface area contributed by atoms with Gasteiger partial charge in [-0.1, -0.05) is 6.92 Å². The Hall–Kier alpha value is -0.810. The number of hydrogen-bond acceptors (Lipinski definition) is 4. The van der Waals surface area contributed by atoms with Crippen LogP contribution in [-0.2, 0) is 9.84 Å². The highest BCUT2D eigenvalue weighted by Gasteiger charge is 2.17. The lowest BCUT2D eigenvalue weighted by molar-refractivity contribution is 0.408. The van der Waals surface area contributed by atoms with Gasteiger partial charge in [-0.2, -0.15) is 0 Å². The molecule has 0 aliphatic rings. The topological polar surface area (TPSA) is 59.3 Å². The molecule has 1 N–H and O–H groups in total. The second-order valence-electron chi connectivity index (χ2n) is 4.00. The normalized spacial score (nSPS) is 15.9. The summed E-state index contributed by atoms with van der Waals surface area (Å²) in [7, 11) is -2.93. The Morgan fingerprint density at radius 2 is 2.12 bits per heavy atom. The Kier molecular flexibility index (Phi) is 4.56. The van der Waals surface area contributed by atoms with E-state index in [0.29, 0.717) is 0 Å². The predicted octanol–water partition coefficient (Wildman–Crippen LogP) is 1.75. The van der Waals surface area contributed by atoms with Crippen molar-refractivity contribution < 1.29 is 12.8 Å². The van der Waals surface area contributed by atoms with Crippen LogP contribution in [0.25, 0.3) is 0 Å². The SMILES string of the molecule is CCS(=O)(=O)C[C@H](C)N[C@@H](C)c1ccco1. The summed E-state index contributed by atoms with van der Waals surface area (Å²) in [6, 6.07) is 3.64. The molecule has 16 heavy (non-hydrogen) atoms. The van der Waals surface area contributed by atoms with E-state index in [0.717, 1.165) is 5.76 Å². The van der Waals surface area contributed by atoms with Crippen LogP contribution in [0.2, 0.25) is 0 Å². The average Bonchev–Trinajstić information content (AvgIpc) is 2.69. The summed E-state index contributed by atoms with van der Waals surface area (Å²) in [5.41, 5.74) is 0. The summed E-state index contributed by atoms with van der Waals surface area (Å²) in [5.74, 6) is 1.17. The molecule has 5 heteroatoms. The van der Waals surface area contributed by atoms with Crippen LogP contribution in [0, 0.1) is 0 Å². The van der Waals surface area contributed by atoms with Crippen molar-refractivity contribution >= 4 is 9.84 Å². The van der Waals surface area contributed by atoms with E-state index in [1.165, 1.54) is 0 Å². The zero-order valence-corrected chi connectivity index (χ0v) is 10.8. The molecule has 4 nitrogen and oxygen atoms in total. The van der Waals surface area contributed by atoms with Crippen LogP contribution in [-0.4, -0.2) is 26.0 Å². The van der Waals surface area contributed by atoms with Crippen molar-refractivity contribution in [2.24, 2.45) is 0 Å². The van der Waals surface area contributed by atoms with E-state index in [4.69, 9.17) is 4.42 Å². The van der Waals surface area contributed by atoms with E-state index in [-0.39, 0.29) is 23.6 Å². The van der Waals surface area contributed by atoms with Crippen LogP contribution >= 0.6 is 0 Å². The minimum absolute atomic E-state index is 0.0251. The summed E-state index contributed by atoms with van der Waals surface area (Å²) in [6.45, 7) is 5.48. The van der Waals surface area contributed by atoms with Gasteiger partial charge in [-0.25, -0.2) is 8.42 Å². The van der Waals surface area contributed by atoms with Crippen molar-refractivity contribution in [2.45, 2.75) is 32.9 Å². The van der Waals surface area contributed by atoms with Gasteiger partial charge >= 0.3 is 0 Å². The average molecular weight is 245 g/mol. The van der Waals surface area contributed by atoms with Crippen LogP contribution in [0.15, 0.2) is 22.8 Å². The molecule has 0 aliphatic heterocycles. The fourth-order valence-corrected chi connectivity index (χ4v) is 2.69. The van der Waals surface area contributed by atoms with Gasteiger partial charge in [-0.15, -0.1) is 0 Å². The fraction of sp³-hybridized carbons (Fsp3) is 0.636. The Balaban J connectivity index is 2.49. The van der Waals surface area contributed by atoms with E-state index >= 15 is 0 Å². The molecule has 0 unspecified atom stereocenters. The zero-order valence-electron chi connectivity index (χ0n) is 9.93. The van der Waals surface area contributed by atoms with E-state index < -0.39 is 9.84 Å². The van der Waals surface area contributed by atoms with E-state index in [1.54, 1.807) is 13.2 Å². The minimum atomic E-state index is -2.93. The third-order valence-electron chi connectivity index (χ3n) is 2.45. The molecule has 1 aromatic rings. The van der Waals surface area contributed by atoms with E-state index in [1.807, 2.05) is 26.0 Å². The molecule has 1 aromatic heterocycles. The molecular formula is C11H19NO3S. The third-order valence-corrected chi connectivity index (χ3v) is 4.34. The van der Waals surface area contributed by atoms with Crippen molar-refractivity contribution in [2.75, 3.05) is 11.5 Å².